The quantitative estimate of drug-likeness (QED) is 0.426. The summed E-state index contributed by atoms with van der Waals surface area (Å²) >= 11 is 0. The van der Waals surface area contributed by atoms with Gasteiger partial charge in [0, 0.05) is 36.8 Å². The van der Waals surface area contributed by atoms with E-state index in [1.165, 1.54) is 16.7 Å². The Balaban J connectivity index is 1.44. The highest BCUT2D eigenvalue weighted by Gasteiger charge is 2.17. The smallest absolute Gasteiger partial charge is 0.253 e. The van der Waals surface area contributed by atoms with E-state index in [0.29, 0.717) is 18.7 Å². The van der Waals surface area contributed by atoms with Crippen LogP contribution in [0.25, 0.3) is 22.0 Å². The molecule has 0 saturated heterocycles. The number of amides is 1. The van der Waals surface area contributed by atoms with Gasteiger partial charge in [0.2, 0.25) is 0 Å². The van der Waals surface area contributed by atoms with E-state index in [1.807, 2.05) is 55.6 Å². The Labute approximate surface area is 183 Å². The fourth-order valence-electron chi connectivity index (χ4n) is 3.97. The van der Waals surface area contributed by atoms with Gasteiger partial charge in [-0.3, -0.25) is 4.79 Å². The van der Waals surface area contributed by atoms with E-state index in [2.05, 4.69) is 46.3 Å². The molecule has 1 unspecified atom stereocenters. The molecule has 3 aromatic carbocycles. The molecule has 0 bridgehead atoms. The maximum Gasteiger partial charge on any atom is 0.253 e. The predicted molar refractivity (Wildman–Crippen MR) is 126 cm³/mol. The highest BCUT2D eigenvalue weighted by molar-refractivity contribution is 6.07. The molecule has 31 heavy (non-hydrogen) atoms. The number of carbonyl (C=O) groups is 1. The van der Waals surface area contributed by atoms with E-state index < -0.39 is 0 Å². The predicted octanol–water partition coefficient (Wildman–Crippen LogP) is 5.32. The van der Waals surface area contributed by atoms with E-state index >= 15 is 0 Å². The van der Waals surface area contributed by atoms with E-state index in [-0.39, 0.29) is 11.9 Å². The van der Waals surface area contributed by atoms with Crippen molar-refractivity contribution < 1.29 is 9.53 Å². The van der Waals surface area contributed by atoms with Crippen molar-refractivity contribution in [3.63, 3.8) is 0 Å². The molecule has 0 radical (unpaired) electrons. The number of nitrogens with zero attached hydrogens (tertiary/aromatic N) is 1. The lowest BCUT2D eigenvalue weighted by atomic mass is 10.0. The van der Waals surface area contributed by atoms with Crippen molar-refractivity contribution >= 4 is 16.8 Å². The number of nitrogens with one attached hydrogen (secondary N) is 1. The molecule has 0 aliphatic heterocycles. The molecule has 4 nitrogen and oxygen atoms in total. The van der Waals surface area contributed by atoms with Gasteiger partial charge in [0.15, 0.2) is 0 Å². The Kier molecular flexibility index (Phi) is 6.48. The molecule has 1 N–H and O–H groups in total. The second-order valence-corrected chi connectivity index (χ2v) is 7.89. The van der Waals surface area contributed by atoms with Crippen molar-refractivity contribution in [2.45, 2.75) is 25.9 Å². The first kappa shape index (κ1) is 20.9. The van der Waals surface area contributed by atoms with Crippen LogP contribution in [0.15, 0.2) is 85.1 Å². The zero-order chi connectivity index (χ0) is 21.6. The molecule has 0 aliphatic rings. The van der Waals surface area contributed by atoms with Gasteiger partial charge >= 0.3 is 0 Å². The lowest BCUT2D eigenvalue weighted by Crippen LogP contribution is -2.34. The average Bonchev–Trinajstić information content (AvgIpc) is 3.17. The molecule has 0 fully saturated rings. The third-order valence-electron chi connectivity index (χ3n) is 5.55. The maximum absolute atomic E-state index is 13.0. The van der Waals surface area contributed by atoms with Gasteiger partial charge in [0.1, 0.15) is 0 Å². The maximum atomic E-state index is 13.0. The Morgan fingerprint density at radius 3 is 2.35 bits per heavy atom. The van der Waals surface area contributed by atoms with Crippen molar-refractivity contribution in [3.8, 4) is 11.1 Å². The van der Waals surface area contributed by atoms with Crippen LogP contribution in [0.5, 0.6) is 0 Å². The molecule has 4 aromatic rings. The summed E-state index contributed by atoms with van der Waals surface area (Å²) in [6, 6.07) is 26.9. The lowest BCUT2D eigenvalue weighted by molar-refractivity contribution is 0.0941. The minimum atomic E-state index is -0.0410. The fraction of sp³-hybridized carbons (Fsp3) is 0.222. The summed E-state index contributed by atoms with van der Waals surface area (Å²) in [5.74, 6) is -0.0410. The van der Waals surface area contributed by atoms with Crippen LogP contribution in [-0.2, 0) is 17.7 Å². The lowest BCUT2D eigenvalue weighted by Gasteiger charge is -2.14. The van der Waals surface area contributed by atoms with Crippen molar-refractivity contribution in [2.24, 2.45) is 0 Å². The molecule has 1 atom stereocenters. The second kappa shape index (κ2) is 9.63. The largest absolute Gasteiger partial charge is 0.383 e. The highest BCUT2D eigenvalue weighted by atomic mass is 16.5. The first-order valence-corrected chi connectivity index (χ1v) is 10.7. The van der Waals surface area contributed by atoms with E-state index in [1.54, 1.807) is 7.11 Å². The minimum absolute atomic E-state index is 0.0242. The number of methoxy groups -OCH3 is 1. The van der Waals surface area contributed by atoms with Crippen LogP contribution >= 0.6 is 0 Å². The molecular weight excluding hydrogens is 384 g/mol. The van der Waals surface area contributed by atoms with Crippen LogP contribution in [0.2, 0.25) is 0 Å². The van der Waals surface area contributed by atoms with E-state index in [4.69, 9.17) is 4.74 Å². The van der Waals surface area contributed by atoms with Crippen LogP contribution in [0.3, 0.4) is 0 Å². The van der Waals surface area contributed by atoms with Crippen molar-refractivity contribution in [1.29, 1.82) is 0 Å². The molecule has 1 aromatic heterocycles. The molecule has 0 saturated carbocycles. The molecule has 4 rings (SSSR count). The standard InChI is InChI=1S/C27H28N2O2/c1-20(18-21-12-14-23(15-13-21)22-8-4-3-5-9-22)28-27(30)25-19-29(16-17-31-2)26-11-7-6-10-24(25)26/h3-15,19-20H,16-18H2,1-2H3,(H,28,30). The molecule has 1 amide bonds. The van der Waals surface area contributed by atoms with Crippen LogP contribution in [-0.4, -0.2) is 30.2 Å². The van der Waals surface area contributed by atoms with Gasteiger partial charge in [-0.2, -0.15) is 0 Å². The summed E-state index contributed by atoms with van der Waals surface area (Å²) in [6.07, 6.45) is 2.71. The van der Waals surface area contributed by atoms with Gasteiger partial charge in [0.25, 0.3) is 5.91 Å². The van der Waals surface area contributed by atoms with Crippen LogP contribution in [0.1, 0.15) is 22.8 Å². The summed E-state index contributed by atoms with van der Waals surface area (Å²) in [4.78, 5) is 13.0. The SMILES string of the molecule is COCCn1cc(C(=O)NC(C)Cc2ccc(-c3ccccc3)cc2)c2ccccc21. The van der Waals surface area contributed by atoms with Crippen LogP contribution in [0, 0.1) is 0 Å². The first-order chi connectivity index (χ1) is 15.2. The highest BCUT2D eigenvalue weighted by Crippen LogP contribution is 2.22. The Morgan fingerprint density at radius 1 is 0.935 bits per heavy atom. The number of benzene rings is 3. The summed E-state index contributed by atoms with van der Waals surface area (Å²) in [5.41, 5.74) is 5.37. The van der Waals surface area contributed by atoms with E-state index in [0.717, 1.165) is 17.3 Å². The van der Waals surface area contributed by atoms with Crippen molar-refractivity contribution in [3.05, 3.63) is 96.2 Å². The summed E-state index contributed by atoms with van der Waals surface area (Å²) in [6.45, 7) is 3.37. The normalized spacial score (nSPS) is 12.1. The molecule has 0 spiro atoms. The van der Waals surface area contributed by atoms with Crippen LogP contribution in [0.4, 0.5) is 0 Å². The van der Waals surface area contributed by atoms with E-state index in [9.17, 15) is 4.79 Å². The van der Waals surface area contributed by atoms with Crippen molar-refractivity contribution in [2.75, 3.05) is 13.7 Å². The number of carbonyl (C=O) groups excluding carboxylic acids is 1. The van der Waals surface area contributed by atoms with Gasteiger partial charge in [-0.25, -0.2) is 0 Å². The molecule has 0 aliphatic carbocycles. The zero-order valence-corrected chi connectivity index (χ0v) is 18.0. The van der Waals surface area contributed by atoms with Gasteiger partial charge in [-0.15, -0.1) is 0 Å². The summed E-state index contributed by atoms with van der Waals surface area (Å²) in [5, 5.41) is 4.14. The van der Waals surface area contributed by atoms with Gasteiger partial charge < -0.3 is 14.6 Å². The van der Waals surface area contributed by atoms with Gasteiger partial charge in [-0.1, -0.05) is 72.8 Å². The monoisotopic (exact) mass is 412 g/mol. The van der Waals surface area contributed by atoms with Gasteiger partial charge in [0.05, 0.1) is 12.2 Å². The molecule has 158 valence electrons. The molecular formula is C27H28N2O2. The first-order valence-electron chi connectivity index (χ1n) is 10.7. The van der Waals surface area contributed by atoms with Crippen LogP contribution < -0.4 is 5.32 Å². The topological polar surface area (TPSA) is 43.3 Å². The molecule has 4 heteroatoms. The minimum Gasteiger partial charge on any atom is -0.383 e. The number of ether oxygens (including phenoxy) is 1. The summed E-state index contributed by atoms with van der Waals surface area (Å²) < 4.78 is 7.29. The fourth-order valence-corrected chi connectivity index (χ4v) is 3.97. The summed E-state index contributed by atoms with van der Waals surface area (Å²) in [7, 11) is 1.69. The number of hydrogen-bond donors (Lipinski definition) is 1. The number of aromatic nitrogens is 1. The third-order valence-corrected chi connectivity index (χ3v) is 5.55. The number of hydrogen-bond acceptors (Lipinski definition) is 2. The third kappa shape index (κ3) is 4.86. The number of rotatable bonds is 8. The van der Waals surface area contributed by atoms with Crippen molar-refractivity contribution in [1.82, 2.24) is 9.88 Å². The Morgan fingerprint density at radius 2 is 1.61 bits per heavy atom. The number of fused-ring (bicyclic) bond motifs is 1. The Bertz CT molecular complexity index is 1150. The van der Waals surface area contributed by atoms with Gasteiger partial charge in [-0.05, 0) is 36.1 Å². The Hall–Kier alpha value is -3.37. The zero-order valence-electron chi connectivity index (χ0n) is 18.0. The second-order valence-electron chi connectivity index (χ2n) is 7.89. The number of para-hydroxylation sites is 1. The average molecular weight is 413 g/mol. The molecule has 1 heterocycles.